The standard InChI is InChI=1S/C9H20O3S2/c10-4-7-13-6-2-1-3-8-14(12)9-5-11/h10-11H,1-9H2. The minimum absolute atomic E-state index is 0.0267. The second-order valence-corrected chi connectivity index (χ2v) is 5.89. The number of aliphatic hydroxyl groups excluding tert-OH is 2. The van der Waals surface area contributed by atoms with Crippen LogP contribution in [0.2, 0.25) is 0 Å². The Balaban J connectivity index is 3.01. The van der Waals surface area contributed by atoms with Gasteiger partial charge in [0.05, 0.1) is 13.2 Å². The van der Waals surface area contributed by atoms with Crippen LogP contribution >= 0.6 is 11.8 Å². The second-order valence-electron chi connectivity index (χ2n) is 2.97. The van der Waals surface area contributed by atoms with Crippen molar-refractivity contribution in [2.45, 2.75) is 19.3 Å². The maximum absolute atomic E-state index is 11.1. The zero-order valence-corrected chi connectivity index (χ0v) is 10.1. The first-order chi connectivity index (χ1) is 6.81. The molecule has 0 heterocycles. The van der Waals surface area contributed by atoms with Crippen LogP contribution in [0.25, 0.3) is 0 Å². The lowest BCUT2D eigenvalue weighted by Crippen LogP contribution is -2.05. The molecule has 0 saturated carbocycles. The van der Waals surface area contributed by atoms with Crippen molar-refractivity contribution >= 4 is 22.6 Å². The molecule has 0 aliphatic rings. The van der Waals surface area contributed by atoms with Crippen LogP contribution in [-0.2, 0) is 10.8 Å². The first-order valence-corrected chi connectivity index (χ1v) is 7.60. The summed E-state index contributed by atoms with van der Waals surface area (Å²) in [5, 5.41) is 17.0. The van der Waals surface area contributed by atoms with E-state index in [1.165, 1.54) is 0 Å². The minimum atomic E-state index is -0.826. The summed E-state index contributed by atoms with van der Waals surface area (Å²) in [6.07, 6.45) is 3.20. The molecule has 0 aromatic heterocycles. The van der Waals surface area contributed by atoms with Gasteiger partial charge in [-0.3, -0.25) is 4.21 Å². The highest BCUT2D eigenvalue weighted by molar-refractivity contribution is 7.99. The van der Waals surface area contributed by atoms with Gasteiger partial charge in [-0.05, 0) is 18.6 Å². The molecule has 0 fully saturated rings. The van der Waals surface area contributed by atoms with Crippen molar-refractivity contribution in [2.75, 3.05) is 36.2 Å². The van der Waals surface area contributed by atoms with Crippen LogP contribution in [0, 0.1) is 0 Å². The molecule has 86 valence electrons. The molecule has 5 heteroatoms. The van der Waals surface area contributed by atoms with Crippen molar-refractivity contribution < 1.29 is 14.4 Å². The predicted octanol–water partition coefficient (Wildman–Crippen LogP) is 0.623. The fourth-order valence-corrected chi connectivity index (χ4v) is 2.69. The Kier molecular flexibility index (Phi) is 11.8. The minimum Gasteiger partial charge on any atom is -0.396 e. The Morgan fingerprint density at radius 2 is 1.71 bits per heavy atom. The van der Waals surface area contributed by atoms with E-state index in [2.05, 4.69) is 0 Å². The Hall–Kier alpha value is 0.420. The topological polar surface area (TPSA) is 57.5 Å². The van der Waals surface area contributed by atoms with Crippen molar-refractivity contribution in [3.05, 3.63) is 0 Å². The zero-order chi connectivity index (χ0) is 10.6. The van der Waals surface area contributed by atoms with Gasteiger partial charge in [0.25, 0.3) is 0 Å². The summed E-state index contributed by atoms with van der Waals surface area (Å²) in [5.74, 6) is 3.02. The number of unbranched alkanes of at least 4 members (excludes halogenated alkanes) is 2. The van der Waals surface area contributed by atoms with E-state index in [0.717, 1.165) is 30.8 Å². The Bertz CT molecular complexity index is 142. The fourth-order valence-electron chi connectivity index (χ4n) is 1.01. The molecule has 0 saturated heterocycles. The molecule has 0 aliphatic heterocycles. The number of rotatable bonds is 10. The summed E-state index contributed by atoms with van der Waals surface area (Å²) >= 11 is 1.76. The molecule has 2 N–H and O–H groups in total. The maximum atomic E-state index is 11.1. The summed E-state index contributed by atoms with van der Waals surface area (Å²) in [6, 6.07) is 0. The molecule has 0 aromatic carbocycles. The summed E-state index contributed by atoms with van der Waals surface area (Å²) in [4.78, 5) is 0. The lowest BCUT2D eigenvalue weighted by atomic mass is 10.3. The highest BCUT2D eigenvalue weighted by Gasteiger charge is 1.98. The van der Waals surface area contributed by atoms with Crippen LogP contribution < -0.4 is 0 Å². The van der Waals surface area contributed by atoms with Crippen molar-refractivity contribution in [1.29, 1.82) is 0 Å². The van der Waals surface area contributed by atoms with Gasteiger partial charge in [-0.2, -0.15) is 11.8 Å². The molecule has 0 rings (SSSR count). The zero-order valence-electron chi connectivity index (χ0n) is 8.48. The average Bonchev–Trinajstić information content (AvgIpc) is 2.17. The Morgan fingerprint density at radius 1 is 0.929 bits per heavy atom. The molecule has 0 radical (unpaired) electrons. The summed E-state index contributed by atoms with van der Waals surface area (Å²) in [5.41, 5.74) is 0. The van der Waals surface area contributed by atoms with Gasteiger partial charge in [-0.25, -0.2) is 0 Å². The monoisotopic (exact) mass is 240 g/mol. The maximum Gasteiger partial charge on any atom is 0.0546 e. The lowest BCUT2D eigenvalue weighted by molar-refractivity contribution is 0.321. The number of hydrogen-bond donors (Lipinski definition) is 2. The van der Waals surface area contributed by atoms with E-state index < -0.39 is 10.8 Å². The van der Waals surface area contributed by atoms with Crippen molar-refractivity contribution in [1.82, 2.24) is 0 Å². The summed E-state index contributed by atoms with van der Waals surface area (Å²) in [7, 11) is -0.826. The quantitative estimate of drug-likeness (QED) is 0.550. The first-order valence-electron chi connectivity index (χ1n) is 4.95. The number of aliphatic hydroxyl groups is 2. The van der Waals surface area contributed by atoms with Crippen LogP contribution in [0.4, 0.5) is 0 Å². The van der Waals surface area contributed by atoms with Crippen molar-refractivity contribution in [3.8, 4) is 0 Å². The van der Waals surface area contributed by atoms with Crippen LogP contribution in [0.5, 0.6) is 0 Å². The van der Waals surface area contributed by atoms with E-state index in [1.807, 2.05) is 0 Å². The van der Waals surface area contributed by atoms with E-state index in [-0.39, 0.29) is 13.2 Å². The van der Waals surface area contributed by atoms with Gasteiger partial charge in [-0.15, -0.1) is 0 Å². The molecular weight excluding hydrogens is 220 g/mol. The average molecular weight is 240 g/mol. The molecule has 1 unspecified atom stereocenters. The van der Waals surface area contributed by atoms with E-state index in [0.29, 0.717) is 11.5 Å². The number of hydrogen-bond acceptors (Lipinski definition) is 4. The smallest absolute Gasteiger partial charge is 0.0546 e. The van der Waals surface area contributed by atoms with Crippen LogP contribution in [0.1, 0.15) is 19.3 Å². The van der Waals surface area contributed by atoms with E-state index in [9.17, 15) is 4.21 Å². The lowest BCUT2D eigenvalue weighted by Gasteiger charge is -2.01. The largest absolute Gasteiger partial charge is 0.396 e. The van der Waals surface area contributed by atoms with Crippen molar-refractivity contribution in [2.24, 2.45) is 0 Å². The highest BCUT2D eigenvalue weighted by Crippen LogP contribution is 2.05. The van der Waals surface area contributed by atoms with Crippen molar-refractivity contribution in [3.63, 3.8) is 0 Å². The van der Waals surface area contributed by atoms with Gasteiger partial charge in [0.1, 0.15) is 0 Å². The number of thioether (sulfide) groups is 1. The van der Waals surface area contributed by atoms with E-state index >= 15 is 0 Å². The molecule has 14 heavy (non-hydrogen) atoms. The first kappa shape index (κ1) is 14.4. The summed E-state index contributed by atoms with van der Waals surface area (Å²) < 4.78 is 11.1. The van der Waals surface area contributed by atoms with Gasteiger partial charge in [0.2, 0.25) is 0 Å². The molecule has 0 spiro atoms. The van der Waals surface area contributed by atoms with E-state index in [4.69, 9.17) is 10.2 Å². The molecular formula is C9H20O3S2. The van der Waals surface area contributed by atoms with Gasteiger partial charge < -0.3 is 10.2 Å². The SMILES string of the molecule is O=S(CCO)CCCCCSCCO. The third-order valence-corrected chi connectivity index (χ3v) is 4.15. The summed E-state index contributed by atoms with van der Waals surface area (Å²) in [6.45, 7) is 0.282. The molecule has 0 amide bonds. The Labute approximate surface area is 92.7 Å². The van der Waals surface area contributed by atoms with Gasteiger partial charge in [0.15, 0.2) is 0 Å². The van der Waals surface area contributed by atoms with E-state index in [1.54, 1.807) is 11.8 Å². The molecule has 1 atom stereocenters. The third kappa shape index (κ3) is 10.5. The van der Waals surface area contributed by atoms with Crippen LogP contribution in [-0.4, -0.2) is 50.6 Å². The molecule has 0 bridgehead atoms. The third-order valence-electron chi connectivity index (χ3n) is 1.72. The molecule has 0 aromatic rings. The Morgan fingerprint density at radius 3 is 2.36 bits per heavy atom. The molecule has 0 aliphatic carbocycles. The fraction of sp³-hybridized carbons (Fsp3) is 1.00. The van der Waals surface area contributed by atoms with Gasteiger partial charge >= 0.3 is 0 Å². The second kappa shape index (κ2) is 11.5. The predicted molar refractivity (Wildman–Crippen MR) is 63.2 cm³/mol. The van der Waals surface area contributed by atoms with Crippen LogP contribution in [0.3, 0.4) is 0 Å². The highest BCUT2D eigenvalue weighted by atomic mass is 32.2. The van der Waals surface area contributed by atoms with Gasteiger partial charge in [-0.1, -0.05) is 6.42 Å². The molecule has 3 nitrogen and oxygen atoms in total. The normalized spacial score (nSPS) is 13.0. The van der Waals surface area contributed by atoms with Gasteiger partial charge in [0, 0.05) is 28.1 Å². The van der Waals surface area contributed by atoms with Crippen LogP contribution in [0.15, 0.2) is 0 Å².